The molecule has 1 aromatic carbocycles. The highest BCUT2D eigenvalue weighted by molar-refractivity contribution is 5.89. The molecule has 11 nitrogen and oxygen atoms in total. The second-order valence-corrected chi connectivity index (χ2v) is 9.48. The quantitative estimate of drug-likeness (QED) is 0.396. The van der Waals surface area contributed by atoms with Gasteiger partial charge in [0, 0.05) is 24.8 Å². The van der Waals surface area contributed by atoms with Crippen LogP contribution in [0.5, 0.6) is 5.88 Å². The summed E-state index contributed by atoms with van der Waals surface area (Å²) in [6, 6.07) is 7.54. The number of halogens is 1. The lowest BCUT2D eigenvalue weighted by Crippen LogP contribution is -2.57. The molecule has 0 amide bonds. The first-order chi connectivity index (χ1) is 17.6. The molecule has 0 bridgehead atoms. The summed E-state index contributed by atoms with van der Waals surface area (Å²) in [5.41, 5.74) is 4.06. The Bertz CT molecular complexity index is 1390. The van der Waals surface area contributed by atoms with Crippen molar-refractivity contribution in [1.82, 2.24) is 34.5 Å². The molecule has 5 heterocycles. The second-order valence-electron chi connectivity index (χ2n) is 9.48. The van der Waals surface area contributed by atoms with Crippen LogP contribution < -0.4 is 10.1 Å². The Balaban J connectivity index is 1.29. The molecule has 2 aliphatic heterocycles. The number of nitrogens with one attached hydrogen (secondary N) is 1. The fraction of sp³-hybridized carbons (Fsp3) is 0.500. The largest absolute Gasteiger partial charge is 0.479 e. The number of alkyl halides is 1. The van der Waals surface area contributed by atoms with Gasteiger partial charge in [-0.05, 0) is 37.1 Å². The summed E-state index contributed by atoms with van der Waals surface area (Å²) in [6.45, 7) is 4.40. The van der Waals surface area contributed by atoms with Crippen LogP contribution in [0.1, 0.15) is 19.4 Å². The number of hydrogen-bond acceptors (Lipinski definition) is 9. The standard InChI is InChI=1S/C24H29FN8O3/c1-14(11-34)33-21-9-15(3-4-20(21)28-30-33)17-5-8-32-22(17)23(35-2)27-24(29-32)26-19-6-7-31(10-18(19)25)16-12-36-13-16/h3-5,8-9,14,16,18-19,34H,6-7,10-13H2,1-2H3,(H,26,29)/t14-,18+,19-/m0/s1. The maximum atomic E-state index is 15.0. The molecule has 6 rings (SSSR count). The number of aliphatic hydroxyl groups excluding tert-OH is 1. The number of benzene rings is 1. The lowest BCUT2D eigenvalue weighted by atomic mass is 10.0. The van der Waals surface area contributed by atoms with Crippen molar-refractivity contribution >= 4 is 22.5 Å². The molecule has 36 heavy (non-hydrogen) atoms. The van der Waals surface area contributed by atoms with Crippen LogP contribution in [0, 0.1) is 0 Å². The van der Waals surface area contributed by atoms with Crippen LogP contribution in [0.25, 0.3) is 27.7 Å². The van der Waals surface area contributed by atoms with E-state index in [4.69, 9.17) is 9.47 Å². The Labute approximate surface area is 206 Å². The predicted octanol–water partition coefficient (Wildman–Crippen LogP) is 1.93. The first-order valence-electron chi connectivity index (χ1n) is 12.2. The van der Waals surface area contributed by atoms with Crippen molar-refractivity contribution in [3.05, 3.63) is 30.5 Å². The van der Waals surface area contributed by atoms with Gasteiger partial charge in [0.2, 0.25) is 11.8 Å². The van der Waals surface area contributed by atoms with Crippen molar-refractivity contribution in [2.45, 2.75) is 37.6 Å². The number of aromatic nitrogens is 6. The van der Waals surface area contributed by atoms with Gasteiger partial charge < -0.3 is 19.9 Å². The van der Waals surface area contributed by atoms with E-state index in [2.05, 4.69) is 30.6 Å². The minimum Gasteiger partial charge on any atom is -0.479 e. The minimum absolute atomic E-state index is 0.0386. The summed E-state index contributed by atoms with van der Waals surface area (Å²) in [5, 5.41) is 25.8. The zero-order valence-corrected chi connectivity index (χ0v) is 20.2. The molecule has 2 N–H and O–H groups in total. The van der Waals surface area contributed by atoms with E-state index in [1.54, 1.807) is 16.3 Å². The molecule has 3 aromatic heterocycles. The Morgan fingerprint density at radius 3 is 2.89 bits per heavy atom. The maximum Gasteiger partial charge on any atom is 0.244 e. The summed E-state index contributed by atoms with van der Waals surface area (Å²) < 4.78 is 29.3. The van der Waals surface area contributed by atoms with Gasteiger partial charge >= 0.3 is 0 Å². The van der Waals surface area contributed by atoms with Gasteiger partial charge in [-0.15, -0.1) is 10.2 Å². The highest BCUT2D eigenvalue weighted by Crippen LogP contribution is 2.33. The summed E-state index contributed by atoms with van der Waals surface area (Å²) in [6.07, 6.45) is 1.46. The molecule has 190 valence electrons. The van der Waals surface area contributed by atoms with Gasteiger partial charge in [0.25, 0.3) is 0 Å². The van der Waals surface area contributed by atoms with Crippen LogP contribution in [0.3, 0.4) is 0 Å². The number of rotatable bonds is 7. The van der Waals surface area contributed by atoms with Crippen LogP contribution in [0.4, 0.5) is 10.3 Å². The van der Waals surface area contributed by atoms with Crippen molar-refractivity contribution in [2.75, 3.05) is 45.3 Å². The Morgan fingerprint density at radius 2 is 2.17 bits per heavy atom. The molecule has 2 saturated heterocycles. The van der Waals surface area contributed by atoms with Gasteiger partial charge in [-0.1, -0.05) is 11.3 Å². The normalized spacial score (nSPS) is 22.1. The van der Waals surface area contributed by atoms with Gasteiger partial charge in [-0.25, -0.2) is 13.6 Å². The number of nitrogens with zero attached hydrogens (tertiary/aromatic N) is 7. The Kier molecular flexibility index (Phi) is 5.94. The SMILES string of the molecule is COc1nc(N[C@H]2CCN(C3COC3)C[C@H]2F)nn2ccc(-c3ccc4nnn([C@@H](C)CO)c4c3)c12. The summed E-state index contributed by atoms with van der Waals surface area (Å²) in [7, 11) is 1.56. The van der Waals surface area contributed by atoms with E-state index in [0.717, 1.165) is 28.7 Å². The summed E-state index contributed by atoms with van der Waals surface area (Å²) >= 11 is 0. The van der Waals surface area contributed by atoms with Gasteiger partial charge in [-0.2, -0.15) is 4.98 Å². The average molecular weight is 497 g/mol. The van der Waals surface area contributed by atoms with E-state index in [-0.39, 0.29) is 18.7 Å². The first kappa shape index (κ1) is 23.1. The van der Waals surface area contributed by atoms with Crippen LogP contribution in [0.2, 0.25) is 0 Å². The van der Waals surface area contributed by atoms with E-state index < -0.39 is 6.17 Å². The molecule has 0 radical (unpaired) electrons. The van der Waals surface area contributed by atoms with Gasteiger partial charge in [-0.3, -0.25) is 4.90 Å². The number of ether oxygens (including phenoxy) is 2. The van der Waals surface area contributed by atoms with E-state index in [9.17, 15) is 9.50 Å². The molecule has 3 atom stereocenters. The van der Waals surface area contributed by atoms with E-state index >= 15 is 0 Å². The van der Waals surface area contributed by atoms with Crippen LogP contribution in [-0.4, -0.2) is 97.9 Å². The number of aliphatic hydroxyl groups is 1. The number of fused-ring (bicyclic) bond motifs is 2. The molecular weight excluding hydrogens is 467 g/mol. The number of piperidine rings is 1. The number of likely N-dealkylation sites (tertiary alicyclic amines) is 1. The maximum absolute atomic E-state index is 15.0. The molecule has 0 spiro atoms. The lowest BCUT2D eigenvalue weighted by Gasteiger charge is -2.42. The molecule has 0 saturated carbocycles. The molecular formula is C24H29FN8O3. The average Bonchev–Trinajstić information content (AvgIpc) is 3.47. The smallest absolute Gasteiger partial charge is 0.244 e. The van der Waals surface area contributed by atoms with E-state index in [1.165, 1.54) is 0 Å². The Hall–Kier alpha value is -3.35. The van der Waals surface area contributed by atoms with Crippen molar-refractivity contribution in [3.63, 3.8) is 0 Å². The minimum atomic E-state index is -1.03. The number of hydrogen-bond donors (Lipinski definition) is 2. The van der Waals surface area contributed by atoms with Crippen LogP contribution >= 0.6 is 0 Å². The van der Waals surface area contributed by atoms with Gasteiger partial charge in [0.05, 0.1) is 50.6 Å². The highest BCUT2D eigenvalue weighted by atomic mass is 19.1. The lowest BCUT2D eigenvalue weighted by molar-refractivity contribution is -0.0794. The number of methoxy groups -OCH3 is 1. The third-order valence-electron chi connectivity index (χ3n) is 7.16. The van der Waals surface area contributed by atoms with Crippen molar-refractivity contribution in [3.8, 4) is 17.0 Å². The van der Waals surface area contributed by atoms with Crippen molar-refractivity contribution in [1.29, 1.82) is 0 Å². The second kappa shape index (κ2) is 9.26. The molecule has 0 unspecified atom stereocenters. The fourth-order valence-corrected chi connectivity index (χ4v) is 4.96. The predicted molar refractivity (Wildman–Crippen MR) is 131 cm³/mol. The molecule has 0 aliphatic carbocycles. The van der Waals surface area contributed by atoms with E-state index in [1.807, 2.05) is 37.4 Å². The summed E-state index contributed by atoms with van der Waals surface area (Å²) in [4.78, 5) is 6.73. The van der Waals surface area contributed by atoms with E-state index in [0.29, 0.717) is 49.6 Å². The highest BCUT2D eigenvalue weighted by Gasteiger charge is 2.35. The third-order valence-corrected chi connectivity index (χ3v) is 7.16. The first-order valence-corrected chi connectivity index (χ1v) is 12.2. The zero-order valence-electron chi connectivity index (χ0n) is 20.2. The molecule has 12 heteroatoms. The summed E-state index contributed by atoms with van der Waals surface area (Å²) in [5.74, 6) is 0.714. The topological polar surface area (TPSA) is 115 Å². The fourth-order valence-electron chi connectivity index (χ4n) is 4.96. The van der Waals surface area contributed by atoms with Crippen molar-refractivity contribution < 1.29 is 19.0 Å². The number of anilines is 1. The Morgan fingerprint density at radius 1 is 1.31 bits per heavy atom. The zero-order chi connectivity index (χ0) is 24.8. The van der Waals surface area contributed by atoms with Crippen molar-refractivity contribution in [2.24, 2.45) is 0 Å². The molecule has 2 aliphatic rings. The molecule has 2 fully saturated rings. The third kappa shape index (κ3) is 3.94. The monoisotopic (exact) mass is 496 g/mol. The van der Waals surface area contributed by atoms with Gasteiger partial charge in [0.15, 0.2) is 0 Å². The van der Waals surface area contributed by atoms with Crippen LogP contribution in [0.15, 0.2) is 30.5 Å². The molecule has 4 aromatic rings. The van der Waals surface area contributed by atoms with Crippen LogP contribution in [-0.2, 0) is 4.74 Å². The van der Waals surface area contributed by atoms with Gasteiger partial charge in [0.1, 0.15) is 17.2 Å².